The average molecular weight is 451 g/mol. The molecule has 0 saturated carbocycles. The molecule has 0 spiro atoms. The second-order valence-electron chi connectivity index (χ2n) is 7.35. The first-order valence-corrected chi connectivity index (χ1v) is 10.6. The summed E-state index contributed by atoms with van der Waals surface area (Å²) in [6.07, 6.45) is 0.964. The van der Waals surface area contributed by atoms with E-state index >= 15 is 0 Å². The molecule has 0 fully saturated rings. The monoisotopic (exact) mass is 450 g/mol. The molecule has 0 aliphatic rings. The van der Waals surface area contributed by atoms with Gasteiger partial charge in [-0.2, -0.15) is 0 Å². The summed E-state index contributed by atoms with van der Waals surface area (Å²) in [5.74, 6) is -2.00. The van der Waals surface area contributed by atoms with Crippen LogP contribution in [0.3, 0.4) is 0 Å². The van der Waals surface area contributed by atoms with Crippen LogP contribution in [0.2, 0.25) is 0 Å². The molecule has 1 amide bonds. The number of benzene rings is 2. The zero-order valence-corrected chi connectivity index (χ0v) is 19.3. The van der Waals surface area contributed by atoms with Crippen molar-refractivity contribution in [3.63, 3.8) is 0 Å². The van der Waals surface area contributed by atoms with Crippen molar-refractivity contribution in [2.24, 2.45) is 4.99 Å². The fourth-order valence-electron chi connectivity index (χ4n) is 3.45. The van der Waals surface area contributed by atoms with Crippen molar-refractivity contribution in [3.05, 3.63) is 95.1 Å². The zero-order chi connectivity index (χ0) is 24.4. The van der Waals surface area contributed by atoms with Crippen molar-refractivity contribution in [1.29, 1.82) is 0 Å². The van der Waals surface area contributed by atoms with Crippen LogP contribution in [-0.2, 0) is 19.1 Å². The fourth-order valence-corrected chi connectivity index (χ4v) is 3.45. The van der Waals surface area contributed by atoms with Crippen LogP contribution in [0.1, 0.15) is 37.8 Å². The third-order valence-electron chi connectivity index (χ3n) is 5.10. The van der Waals surface area contributed by atoms with Gasteiger partial charge in [0.2, 0.25) is 0 Å². The third-order valence-corrected chi connectivity index (χ3v) is 5.10. The molecule has 0 aliphatic carbocycles. The maximum atomic E-state index is 12.8. The number of aliphatic hydroxyl groups excluding tert-OH is 1. The molecule has 33 heavy (non-hydrogen) atoms. The van der Waals surface area contributed by atoms with Gasteiger partial charge in [0.25, 0.3) is 5.91 Å². The molecule has 2 aromatic carbocycles. The quantitative estimate of drug-likeness (QED) is 0.185. The molecule has 0 bridgehead atoms. The topological polar surface area (TPSA) is 97.2 Å². The SMILES string of the molecule is C=N/C(C(=O)N[C@@H](C)C(=O)O[C@@H](C)C(c1ccccc1)c1ccccc1)=C(O)\C(=C/C)OC. The highest BCUT2D eigenvalue weighted by atomic mass is 16.5. The molecule has 0 aromatic heterocycles. The number of carbonyl (C=O) groups is 2. The lowest BCUT2D eigenvalue weighted by atomic mass is 9.87. The first-order chi connectivity index (χ1) is 15.8. The smallest absolute Gasteiger partial charge is 0.328 e. The number of esters is 1. The van der Waals surface area contributed by atoms with E-state index in [0.29, 0.717) is 0 Å². The summed E-state index contributed by atoms with van der Waals surface area (Å²) in [5.41, 5.74) is 1.65. The number of nitrogens with zero attached hydrogens (tertiary/aromatic N) is 1. The number of aliphatic imine (C=N–C) groups is 1. The number of methoxy groups -OCH3 is 1. The Hall–Kier alpha value is -3.87. The van der Waals surface area contributed by atoms with Crippen molar-refractivity contribution in [2.75, 3.05) is 7.11 Å². The maximum absolute atomic E-state index is 12.8. The van der Waals surface area contributed by atoms with E-state index in [4.69, 9.17) is 9.47 Å². The molecule has 2 rings (SSSR count). The third kappa shape index (κ3) is 6.55. The normalized spacial score (nSPS) is 14.0. The van der Waals surface area contributed by atoms with E-state index in [1.54, 1.807) is 6.92 Å². The van der Waals surface area contributed by atoms with Gasteiger partial charge >= 0.3 is 5.97 Å². The first kappa shape index (κ1) is 25.4. The Balaban J connectivity index is 2.17. The van der Waals surface area contributed by atoms with Crippen LogP contribution >= 0.6 is 0 Å². The van der Waals surface area contributed by atoms with Gasteiger partial charge in [-0.1, -0.05) is 60.7 Å². The van der Waals surface area contributed by atoms with Crippen LogP contribution in [0.5, 0.6) is 0 Å². The Bertz CT molecular complexity index is 976. The minimum atomic E-state index is -0.992. The number of amides is 1. The van der Waals surface area contributed by atoms with Crippen molar-refractivity contribution < 1.29 is 24.2 Å². The highest BCUT2D eigenvalue weighted by molar-refractivity contribution is 5.97. The number of carbonyl (C=O) groups excluding carboxylic acids is 2. The van der Waals surface area contributed by atoms with Gasteiger partial charge in [-0.3, -0.25) is 9.79 Å². The van der Waals surface area contributed by atoms with Gasteiger partial charge in [0, 0.05) is 5.92 Å². The Kier molecular flexibility index (Phi) is 9.42. The van der Waals surface area contributed by atoms with Crippen molar-refractivity contribution in [2.45, 2.75) is 38.8 Å². The van der Waals surface area contributed by atoms with E-state index in [9.17, 15) is 14.7 Å². The summed E-state index contributed by atoms with van der Waals surface area (Å²) in [7, 11) is 1.35. The average Bonchev–Trinajstić information content (AvgIpc) is 2.81. The second kappa shape index (κ2) is 12.2. The number of aliphatic hydroxyl groups is 1. The lowest BCUT2D eigenvalue weighted by molar-refractivity contribution is -0.152. The minimum absolute atomic E-state index is 0.0602. The molecule has 0 aliphatic heterocycles. The summed E-state index contributed by atoms with van der Waals surface area (Å²) in [4.78, 5) is 28.9. The molecule has 174 valence electrons. The highest BCUT2D eigenvalue weighted by Gasteiger charge is 2.28. The van der Waals surface area contributed by atoms with E-state index in [2.05, 4.69) is 17.0 Å². The predicted molar refractivity (Wildman–Crippen MR) is 128 cm³/mol. The molecule has 0 saturated heterocycles. The summed E-state index contributed by atoms with van der Waals surface area (Å²) >= 11 is 0. The van der Waals surface area contributed by atoms with E-state index in [-0.39, 0.29) is 17.4 Å². The van der Waals surface area contributed by atoms with Gasteiger partial charge in [-0.15, -0.1) is 0 Å². The number of rotatable bonds is 10. The molecular weight excluding hydrogens is 420 g/mol. The number of ether oxygens (including phenoxy) is 2. The van der Waals surface area contributed by atoms with Crippen molar-refractivity contribution in [1.82, 2.24) is 5.32 Å². The number of nitrogens with one attached hydrogen (secondary N) is 1. The van der Waals surface area contributed by atoms with Crippen LogP contribution in [0.25, 0.3) is 0 Å². The van der Waals surface area contributed by atoms with Crippen LogP contribution in [-0.4, -0.2) is 43.0 Å². The lowest BCUT2D eigenvalue weighted by Crippen LogP contribution is -2.42. The predicted octanol–water partition coefficient (Wildman–Crippen LogP) is 4.28. The Morgan fingerprint density at radius 2 is 1.55 bits per heavy atom. The molecule has 7 heteroatoms. The molecule has 7 nitrogen and oxygen atoms in total. The van der Waals surface area contributed by atoms with Crippen LogP contribution < -0.4 is 5.32 Å². The number of hydrogen-bond donors (Lipinski definition) is 2. The minimum Gasteiger partial charge on any atom is -0.503 e. The van der Waals surface area contributed by atoms with Gasteiger partial charge < -0.3 is 19.9 Å². The Morgan fingerprint density at radius 1 is 1.03 bits per heavy atom. The van der Waals surface area contributed by atoms with Crippen molar-refractivity contribution in [3.8, 4) is 0 Å². The lowest BCUT2D eigenvalue weighted by Gasteiger charge is -2.26. The van der Waals surface area contributed by atoms with Crippen LogP contribution in [0.15, 0.2) is 88.9 Å². The Labute approximate surface area is 194 Å². The van der Waals surface area contributed by atoms with E-state index in [1.807, 2.05) is 67.6 Å². The van der Waals surface area contributed by atoms with E-state index in [0.717, 1.165) is 11.1 Å². The van der Waals surface area contributed by atoms with Gasteiger partial charge in [-0.25, -0.2) is 4.79 Å². The van der Waals surface area contributed by atoms with Crippen LogP contribution in [0.4, 0.5) is 0 Å². The van der Waals surface area contributed by atoms with Crippen LogP contribution in [0, 0.1) is 0 Å². The summed E-state index contributed by atoms with van der Waals surface area (Å²) < 4.78 is 10.7. The highest BCUT2D eigenvalue weighted by Crippen LogP contribution is 2.30. The fraction of sp³-hybridized carbons (Fsp3) is 0.269. The molecular formula is C26H30N2O5. The number of allylic oxidation sites excluding steroid dienone is 1. The van der Waals surface area contributed by atoms with Gasteiger partial charge in [-0.05, 0) is 44.7 Å². The summed E-state index contributed by atoms with van der Waals surface area (Å²) in [6, 6.07) is 18.5. The van der Waals surface area contributed by atoms with Gasteiger partial charge in [0.1, 0.15) is 12.1 Å². The second-order valence-corrected chi connectivity index (χ2v) is 7.35. The first-order valence-electron chi connectivity index (χ1n) is 10.6. The van der Waals surface area contributed by atoms with Gasteiger partial charge in [0.05, 0.1) is 7.11 Å². The van der Waals surface area contributed by atoms with Gasteiger partial charge in [0.15, 0.2) is 17.2 Å². The molecule has 2 atom stereocenters. The largest absolute Gasteiger partial charge is 0.503 e. The number of hydrogen-bond acceptors (Lipinski definition) is 6. The molecule has 0 heterocycles. The molecule has 2 N–H and O–H groups in total. The zero-order valence-electron chi connectivity index (χ0n) is 19.3. The summed E-state index contributed by atoms with van der Waals surface area (Å²) in [5, 5.41) is 12.7. The molecule has 0 unspecified atom stereocenters. The molecule has 2 aromatic rings. The standard InChI is InChI=1S/C26H30N2O5/c1-6-21(32-5)24(29)23(27-4)25(30)28-17(2)26(31)33-18(3)22(19-13-9-7-10-14-19)20-15-11-8-12-16-20/h6-18,22,29H,4H2,1-3,5H3,(H,28,30)/b21-6+,24-23+/t17-,18-/m0/s1. The summed E-state index contributed by atoms with van der Waals surface area (Å²) in [6.45, 7) is 8.26. The van der Waals surface area contributed by atoms with E-state index < -0.39 is 29.8 Å². The van der Waals surface area contributed by atoms with Crippen molar-refractivity contribution >= 4 is 18.6 Å². The maximum Gasteiger partial charge on any atom is 0.328 e. The Morgan fingerprint density at radius 3 is 1.97 bits per heavy atom. The molecule has 0 radical (unpaired) electrons. The van der Waals surface area contributed by atoms with E-state index in [1.165, 1.54) is 20.1 Å².